The highest BCUT2D eigenvalue weighted by Gasteiger charge is 2.46. The number of pyridine rings is 1. The van der Waals surface area contributed by atoms with Crippen molar-refractivity contribution in [2.45, 2.75) is 53.2 Å². The van der Waals surface area contributed by atoms with Crippen LogP contribution in [0.3, 0.4) is 0 Å². The van der Waals surface area contributed by atoms with Crippen molar-refractivity contribution in [3.63, 3.8) is 0 Å². The molecule has 4 rings (SSSR count). The topological polar surface area (TPSA) is 97.5 Å². The molecule has 9 heteroatoms. The van der Waals surface area contributed by atoms with E-state index in [9.17, 15) is 9.59 Å². The van der Waals surface area contributed by atoms with Crippen molar-refractivity contribution in [2.75, 3.05) is 31.5 Å². The molecular weight excluding hydrogens is 394 g/mol. The highest BCUT2D eigenvalue weighted by atomic mass is 16.2. The number of fused-ring (bicyclic) bond motifs is 1. The van der Waals surface area contributed by atoms with E-state index in [4.69, 9.17) is 0 Å². The number of urea groups is 1. The molecule has 0 radical (unpaired) electrons. The van der Waals surface area contributed by atoms with Gasteiger partial charge in [0.1, 0.15) is 5.69 Å². The lowest BCUT2D eigenvalue weighted by atomic mass is 10.0. The third-order valence-electron chi connectivity index (χ3n) is 6.23. The summed E-state index contributed by atoms with van der Waals surface area (Å²) in [4.78, 5) is 36.2. The molecule has 1 atom stereocenters. The molecule has 0 aliphatic carbocycles. The molecule has 0 aromatic carbocycles. The van der Waals surface area contributed by atoms with Crippen molar-refractivity contribution in [2.24, 2.45) is 0 Å². The molecule has 4 heterocycles. The number of amides is 3. The predicted octanol–water partition coefficient (Wildman–Crippen LogP) is 2.89. The van der Waals surface area contributed by atoms with Crippen LogP contribution in [0, 0.1) is 0 Å². The number of hydrogen-bond donors (Lipinski definition) is 2. The normalized spacial score (nSPS) is 20.2. The van der Waals surface area contributed by atoms with E-state index in [1.165, 1.54) is 0 Å². The first-order valence-electron chi connectivity index (χ1n) is 10.4. The zero-order valence-corrected chi connectivity index (χ0v) is 18.0. The summed E-state index contributed by atoms with van der Waals surface area (Å²) in [7, 11) is 0. The fourth-order valence-electron chi connectivity index (χ4n) is 4.35. The summed E-state index contributed by atoms with van der Waals surface area (Å²) in [6, 6.07) is 5.35. The number of hydrogen-bond acceptors (Lipinski definition) is 5. The quantitative estimate of drug-likeness (QED) is 0.785. The smallest absolute Gasteiger partial charge is 0.319 e. The Bertz CT molecular complexity index is 941. The minimum atomic E-state index is -0.547. The van der Waals surface area contributed by atoms with Crippen molar-refractivity contribution in [1.82, 2.24) is 29.9 Å². The largest absolute Gasteiger partial charge is 0.321 e. The third-order valence-corrected chi connectivity index (χ3v) is 6.23. The minimum Gasteiger partial charge on any atom is -0.319 e. The van der Waals surface area contributed by atoms with Crippen LogP contribution in [0.1, 0.15) is 56.9 Å². The van der Waals surface area contributed by atoms with Gasteiger partial charge in [-0.1, -0.05) is 20.4 Å². The number of carbonyl (C=O) groups is 2. The molecule has 2 aliphatic rings. The summed E-state index contributed by atoms with van der Waals surface area (Å²) in [5.74, 6) is 0.129. The van der Waals surface area contributed by atoms with Gasteiger partial charge in [-0.15, -0.1) is 0 Å². The first-order chi connectivity index (χ1) is 14.3. The number of H-pyrrole nitrogens is 1. The second-order valence-electron chi connectivity index (χ2n) is 8.46. The number of nitrogens with one attached hydrogen (secondary N) is 2. The number of aromatic amines is 1. The number of rotatable bonds is 3. The average Bonchev–Trinajstić information content (AvgIpc) is 3.26. The molecule has 2 aromatic heterocycles. The van der Waals surface area contributed by atoms with Crippen molar-refractivity contribution >= 4 is 17.8 Å². The van der Waals surface area contributed by atoms with Crippen LogP contribution in [0.2, 0.25) is 0 Å². The van der Waals surface area contributed by atoms with Crippen LogP contribution in [0.5, 0.6) is 0 Å². The van der Waals surface area contributed by atoms with E-state index in [0.29, 0.717) is 18.1 Å². The van der Waals surface area contributed by atoms with Crippen molar-refractivity contribution in [3.8, 4) is 0 Å². The molecule has 2 aliphatic heterocycles. The number of aromatic nitrogens is 3. The lowest BCUT2D eigenvalue weighted by Gasteiger charge is -2.43. The maximum Gasteiger partial charge on any atom is 0.321 e. The van der Waals surface area contributed by atoms with Gasteiger partial charge >= 0.3 is 6.03 Å². The number of likely N-dealkylation sites (N-methyl/N-ethyl adjacent to an activating group) is 1. The lowest BCUT2D eigenvalue weighted by molar-refractivity contribution is 0.0606. The van der Waals surface area contributed by atoms with Crippen LogP contribution in [0.25, 0.3) is 0 Å². The summed E-state index contributed by atoms with van der Waals surface area (Å²) in [5, 5.41) is 10.2. The fraction of sp³-hybridized carbons (Fsp3) is 0.545. The van der Waals surface area contributed by atoms with Crippen LogP contribution < -0.4 is 5.32 Å². The molecule has 9 nitrogen and oxygen atoms in total. The SMILES string of the molecule is C.CCN1CCN(C(=O)N2Cc3c(NC(=O)c4ccccn4)n[nH]c3C2(C)C)[C@@H](C)C1. The predicted molar refractivity (Wildman–Crippen MR) is 120 cm³/mol. The molecule has 168 valence electrons. The Hall–Kier alpha value is -2.94. The zero-order chi connectivity index (χ0) is 21.5. The van der Waals surface area contributed by atoms with Gasteiger partial charge in [-0.2, -0.15) is 5.10 Å². The van der Waals surface area contributed by atoms with Gasteiger partial charge in [0.25, 0.3) is 5.91 Å². The zero-order valence-electron chi connectivity index (χ0n) is 18.0. The van der Waals surface area contributed by atoms with Crippen LogP contribution >= 0.6 is 0 Å². The molecule has 2 N–H and O–H groups in total. The maximum atomic E-state index is 13.4. The van der Waals surface area contributed by atoms with E-state index in [2.05, 4.69) is 39.2 Å². The average molecular weight is 428 g/mol. The Morgan fingerprint density at radius 1 is 1.29 bits per heavy atom. The number of nitrogens with zero attached hydrogens (tertiary/aromatic N) is 5. The molecular formula is C22H33N7O2. The van der Waals surface area contributed by atoms with Gasteiger partial charge in [-0.05, 0) is 39.4 Å². The number of piperazine rings is 1. The number of anilines is 1. The van der Waals surface area contributed by atoms with E-state index < -0.39 is 5.54 Å². The van der Waals surface area contributed by atoms with Gasteiger partial charge in [0.15, 0.2) is 5.82 Å². The second kappa shape index (κ2) is 8.66. The van der Waals surface area contributed by atoms with Crippen LogP contribution in [0.4, 0.5) is 10.6 Å². The van der Waals surface area contributed by atoms with E-state index in [1.807, 2.05) is 23.6 Å². The molecule has 31 heavy (non-hydrogen) atoms. The van der Waals surface area contributed by atoms with Crippen molar-refractivity contribution in [1.29, 1.82) is 0 Å². The molecule has 1 saturated heterocycles. The molecule has 0 saturated carbocycles. The molecule has 0 spiro atoms. The molecule has 0 bridgehead atoms. The second-order valence-corrected chi connectivity index (χ2v) is 8.46. The van der Waals surface area contributed by atoms with Gasteiger partial charge in [0.05, 0.1) is 17.8 Å². The van der Waals surface area contributed by atoms with Crippen LogP contribution in [-0.2, 0) is 12.1 Å². The van der Waals surface area contributed by atoms with Crippen LogP contribution in [0.15, 0.2) is 24.4 Å². The minimum absolute atomic E-state index is 0. The first kappa shape index (κ1) is 22.7. The summed E-state index contributed by atoms with van der Waals surface area (Å²) < 4.78 is 0. The van der Waals surface area contributed by atoms with Gasteiger partial charge in [-0.25, -0.2) is 4.79 Å². The summed E-state index contributed by atoms with van der Waals surface area (Å²) in [6.07, 6.45) is 1.58. The Morgan fingerprint density at radius 3 is 2.71 bits per heavy atom. The van der Waals surface area contributed by atoms with E-state index in [-0.39, 0.29) is 25.4 Å². The van der Waals surface area contributed by atoms with Crippen molar-refractivity contribution < 1.29 is 9.59 Å². The Labute approximate surface area is 183 Å². The Kier molecular flexibility index (Phi) is 6.35. The van der Waals surface area contributed by atoms with Gasteiger partial charge in [-0.3, -0.25) is 19.8 Å². The van der Waals surface area contributed by atoms with E-state index in [1.54, 1.807) is 24.4 Å². The van der Waals surface area contributed by atoms with Gasteiger partial charge < -0.3 is 15.1 Å². The van der Waals surface area contributed by atoms with E-state index >= 15 is 0 Å². The molecule has 1 fully saturated rings. The highest BCUT2D eigenvalue weighted by Crippen LogP contribution is 2.41. The number of carbonyl (C=O) groups excluding carboxylic acids is 2. The molecule has 0 unspecified atom stereocenters. The lowest BCUT2D eigenvalue weighted by Crippen LogP contribution is -2.58. The molecule has 3 amide bonds. The maximum absolute atomic E-state index is 13.4. The molecule has 2 aromatic rings. The Balaban J connectivity index is 0.00000272. The van der Waals surface area contributed by atoms with E-state index in [0.717, 1.165) is 37.4 Å². The standard InChI is InChI=1S/C21H29N7O2.CH4/c1-5-26-10-11-27(14(2)12-26)20(30)28-13-15-17(21(28,3)4)24-25-18(15)23-19(29)16-8-6-7-9-22-16;/h6-9,14H,5,10-13H2,1-4H3,(H2,23,24,25,29);1H4/t14-;/m0./s1. The summed E-state index contributed by atoms with van der Waals surface area (Å²) in [6.45, 7) is 12.1. The Morgan fingerprint density at radius 2 is 2.06 bits per heavy atom. The van der Waals surface area contributed by atoms with Gasteiger partial charge in [0, 0.05) is 37.4 Å². The summed E-state index contributed by atoms with van der Waals surface area (Å²) in [5.41, 5.74) is 1.47. The highest BCUT2D eigenvalue weighted by molar-refractivity contribution is 6.02. The third kappa shape index (κ3) is 4.01. The van der Waals surface area contributed by atoms with Crippen molar-refractivity contribution in [3.05, 3.63) is 41.3 Å². The van der Waals surface area contributed by atoms with Gasteiger partial charge in [0.2, 0.25) is 0 Å². The first-order valence-corrected chi connectivity index (χ1v) is 10.4. The summed E-state index contributed by atoms with van der Waals surface area (Å²) >= 11 is 0. The monoisotopic (exact) mass is 427 g/mol. The van der Waals surface area contributed by atoms with Crippen LogP contribution in [-0.4, -0.2) is 74.0 Å². The fourth-order valence-corrected chi connectivity index (χ4v) is 4.35.